The predicted molar refractivity (Wildman–Crippen MR) is 99.4 cm³/mol. The third-order valence-corrected chi connectivity index (χ3v) is 4.03. The Hall–Kier alpha value is -2.82. The monoisotopic (exact) mass is 337 g/mol. The zero-order chi connectivity index (χ0) is 17.6. The molecule has 3 aromatic rings. The van der Waals surface area contributed by atoms with E-state index in [2.05, 4.69) is 17.2 Å². The second-order valence-electron chi connectivity index (χ2n) is 5.87. The molecule has 3 rings (SSSR count). The summed E-state index contributed by atoms with van der Waals surface area (Å²) < 4.78 is 7.48. The topological polar surface area (TPSA) is 55.6 Å². The van der Waals surface area contributed by atoms with Gasteiger partial charge in [-0.2, -0.15) is 0 Å². The summed E-state index contributed by atoms with van der Waals surface area (Å²) in [5.74, 6) is 0.658. The van der Waals surface area contributed by atoms with Crippen LogP contribution in [-0.2, 0) is 6.42 Å². The van der Waals surface area contributed by atoms with Crippen LogP contribution in [-0.4, -0.2) is 21.9 Å². The van der Waals surface area contributed by atoms with Crippen LogP contribution in [0.1, 0.15) is 42.9 Å². The largest absolute Gasteiger partial charge is 0.494 e. The van der Waals surface area contributed by atoms with Gasteiger partial charge in [-0.1, -0.05) is 26.3 Å². The minimum atomic E-state index is -0.157. The van der Waals surface area contributed by atoms with Crippen LogP contribution in [0.25, 0.3) is 5.65 Å². The Kier molecular flexibility index (Phi) is 5.33. The van der Waals surface area contributed by atoms with E-state index in [1.165, 1.54) is 0 Å². The fourth-order valence-corrected chi connectivity index (χ4v) is 2.69. The van der Waals surface area contributed by atoms with E-state index in [1.54, 1.807) is 0 Å². The summed E-state index contributed by atoms with van der Waals surface area (Å²) in [6.07, 6.45) is 4.70. The van der Waals surface area contributed by atoms with Gasteiger partial charge in [0.15, 0.2) is 0 Å². The Morgan fingerprint density at radius 3 is 2.68 bits per heavy atom. The predicted octanol–water partition coefficient (Wildman–Crippen LogP) is 4.33. The average Bonchev–Trinajstić information content (AvgIpc) is 3.02. The number of ether oxygens (including phenoxy) is 1. The lowest BCUT2D eigenvalue weighted by molar-refractivity contribution is 0.102. The third-order valence-electron chi connectivity index (χ3n) is 4.03. The Bertz CT molecular complexity index is 853. The van der Waals surface area contributed by atoms with Gasteiger partial charge < -0.3 is 10.1 Å². The molecular weight excluding hydrogens is 314 g/mol. The molecule has 0 aliphatic heterocycles. The lowest BCUT2D eigenvalue weighted by Crippen LogP contribution is -2.16. The molecule has 5 nitrogen and oxygen atoms in total. The molecule has 0 atom stereocenters. The second kappa shape index (κ2) is 7.83. The lowest BCUT2D eigenvalue weighted by Gasteiger charge is -2.09. The van der Waals surface area contributed by atoms with Gasteiger partial charge in [0.1, 0.15) is 17.1 Å². The van der Waals surface area contributed by atoms with Crippen molar-refractivity contribution in [3.8, 4) is 5.75 Å². The van der Waals surface area contributed by atoms with Crippen LogP contribution in [0.5, 0.6) is 5.75 Å². The molecule has 0 saturated heterocycles. The van der Waals surface area contributed by atoms with E-state index in [-0.39, 0.29) is 5.91 Å². The number of unbranched alkanes of at least 4 members (excludes halogenated alkanes) is 1. The molecule has 0 fully saturated rings. The molecule has 0 spiro atoms. The van der Waals surface area contributed by atoms with Crippen LogP contribution in [0.2, 0.25) is 0 Å². The van der Waals surface area contributed by atoms with Crippen molar-refractivity contribution in [2.45, 2.75) is 33.1 Å². The van der Waals surface area contributed by atoms with Gasteiger partial charge in [0.05, 0.1) is 12.3 Å². The molecule has 1 amide bonds. The van der Waals surface area contributed by atoms with Crippen molar-refractivity contribution in [2.24, 2.45) is 0 Å². The standard InChI is InChI=1S/C20H23N3O2/c1-3-5-14-25-16-11-9-15(10-12-16)21-20(24)19-17(4-2)22-18-8-6-7-13-23(18)19/h6-13H,3-5,14H2,1-2H3,(H,21,24). The molecule has 25 heavy (non-hydrogen) atoms. The van der Waals surface area contributed by atoms with E-state index in [1.807, 2.05) is 60.0 Å². The number of nitrogens with zero attached hydrogens (tertiary/aromatic N) is 2. The molecule has 2 heterocycles. The zero-order valence-electron chi connectivity index (χ0n) is 14.7. The number of fused-ring (bicyclic) bond motifs is 1. The van der Waals surface area contributed by atoms with Crippen LogP contribution in [0, 0.1) is 0 Å². The van der Waals surface area contributed by atoms with Crippen LogP contribution in [0.4, 0.5) is 5.69 Å². The summed E-state index contributed by atoms with van der Waals surface area (Å²) in [7, 11) is 0. The minimum absolute atomic E-state index is 0.157. The van der Waals surface area contributed by atoms with Crippen molar-refractivity contribution in [3.05, 3.63) is 60.0 Å². The van der Waals surface area contributed by atoms with E-state index in [0.717, 1.165) is 35.6 Å². The van der Waals surface area contributed by atoms with Crippen molar-refractivity contribution in [1.29, 1.82) is 0 Å². The number of rotatable bonds is 7. The number of anilines is 1. The van der Waals surface area contributed by atoms with E-state index in [4.69, 9.17) is 4.74 Å². The summed E-state index contributed by atoms with van der Waals surface area (Å²) in [4.78, 5) is 17.3. The van der Waals surface area contributed by atoms with Gasteiger partial charge in [-0.3, -0.25) is 9.20 Å². The molecule has 2 aromatic heterocycles. The number of aryl methyl sites for hydroxylation is 1. The first kappa shape index (κ1) is 17.0. The summed E-state index contributed by atoms with van der Waals surface area (Å²) in [5, 5.41) is 2.95. The number of imidazole rings is 1. The SMILES string of the molecule is CCCCOc1ccc(NC(=O)c2c(CC)nc3ccccn23)cc1. The number of pyridine rings is 1. The number of nitrogens with one attached hydrogen (secondary N) is 1. The summed E-state index contributed by atoms with van der Waals surface area (Å²) in [5.41, 5.74) is 2.90. The highest BCUT2D eigenvalue weighted by Crippen LogP contribution is 2.19. The van der Waals surface area contributed by atoms with Gasteiger partial charge in [0.2, 0.25) is 0 Å². The number of aromatic nitrogens is 2. The third kappa shape index (κ3) is 3.82. The minimum Gasteiger partial charge on any atom is -0.494 e. The normalized spacial score (nSPS) is 10.8. The molecule has 0 aliphatic carbocycles. The first-order valence-corrected chi connectivity index (χ1v) is 8.73. The number of benzene rings is 1. The highest BCUT2D eigenvalue weighted by atomic mass is 16.5. The highest BCUT2D eigenvalue weighted by molar-refractivity contribution is 6.04. The molecule has 130 valence electrons. The van der Waals surface area contributed by atoms with E-state index >= 15 is 0 Å². The van der Waals surface area contributed by atoms with Gasteiger partial charge >= 0.3 is 0 Å². The first-order chi connectivity index (χ1) is 12.2. The Morgan fingerprint density at radius 2 is 1.96 bits per heavy atom. The van der Waals surface area contributed by atoms with E-state index in [9.17, 15) is 4.79 Å². The van der Waals surface area contributed by atoms with E-state index in [0.29, 0.717) is 18.7 Å². The van der Waals surface area contributed by atoms with E-state index < -0.39 is 0 Å². The molecule has 0 unspecified atom stereocenters. The van der Waals surface area contributed by atoms with Crippen molar-refractivity contribution in [1.82, 2.24) is 9.38 Å². The highest BCUT2D eigenvalue weighted by Gasteiger charge is 2.18. The fourth-order valence-electron chi connectivity index (χ4n) is 2.69. The zero-order valence-corrected chi connectivity index (χ0v) is 14.7. The number of carbonyl (C=O) groups is 1. The van der Waals surface area contributed by atoms with Crippen LogP contribution in [0.15, 0.2) is 48.7 Å². The molecule has 0 aliphatic rings. The van der Waals surface area contributed by atoms with Crippen molar-refractivity contribution in [3.63, 3.8) is 0 Å². The number of hydrogen-bond donors (Lipinski definition) is 1. The van der Waals surface area contributed by atoms with Gasteiger partial charge in [-0.15, -0.1) is 0 Å². The van der Waals surface area contributed by atoms with Crippen LogP contribution < -0.4 is 10.1 Å². The van der Waals surface area contributed by atoms with Crippen LogP contribution >= 0.6 is 0 Å². The average molecular weight is 337 g/mol. The second-order valence-corrected chi connectivity index (χ2v) is 5.87. The summed E-state index contributed by atoms with van der Waals surface area (Å²) >= 11 is 0. The van der Waals surface area contributed by atoms with Gasteiger partial charge in [-0.05, 0) is 49.2 Å². The fraction of sp³-hybridized carbons (Fsp3) is 0.300. The maximum absolute atomic E-state index is 12.8. The van der Waals surface area contributed by atoms with Crippen molar-refractivity contribution >= 4 is 17.2 Å². The lowest BCUT2D eigenvalue weighted by atomic mass is 10.2. The Balaban J connectivity index is 1.76. The van der Waals surface area contributed by atoms with Crippen LogP contribution in [0.3, 0.4) is 0 Å². The number of hydrogen-bond acceptors (Lipinski definition) is 3. The molecule has 0 radical (unpaired) electrons. The van der Waals surface area contributed by atoms with Crippen molar-refractivity contribution in [2.75, 3.05) is 11.9 Å². The van der Waals surface area contributed by atoms with Gasteiger partial charge in [0, 0.05) is 11.9 Å². The molecule has 0 bridgehead atoms. The smallest absolute Gasteiger partial charge is 0.274 e. The summed E-state index contributed by atoms with van der Waals surface area (Å²) in [6, 6.07) is 13.2. The first-order valence-electron chi connectivity index (χ1n) is 8.73. The molecule has 1 N–H and O–H groups in total. The maximum atomic E-state index is 12.8. The molecular formula is C20H23N3O2. The molecule has 0 saturated carbocycles. The summed E-state index contributed by atoms with van der Waals surface area (Å²) in [6.45, 7) is 4.84. The van der Waals surface area contributed by atoms with Crippen molar-refractivity contribution < 1.29 is 9.53 Å². The molecule has 5 heteroatoms. The van der Waals surface area contributed by atoms with Gasteiger partial charge in [-0.25, -0.2) is 4.98 Å². The molecule has 1 aromatic carbocycles. The quantitative estimate of drug-likeness (QED) is 0.653. The van der Waals surface area contributed by atoms with Gasteiger partial charge in [0.25, 0.3) is 5.91 Å². The number of amides is 1. The Morgan fingerprint density at radius 1 is 1.16 bits per heavy atom. The maximum Gasteiger partial charge on any atom is 0.274 e. The number of carbonyl (C=O) groups excluding carboxylic acids is 1. The Labute approximate surface area is 147 Å².